The van der Waals surface area contributed by atoms with Crippen LogP contribution in [0, 0.1) is 11.8 Å². The van der Waals surface area contributed by atoms with Gasteiger partial charge in [0.25, 0.3) is 10.2 Å². The molecule has 6 heteroatoms. The summed E-state index contributed by atoms with van der Waals surface area (Å²) in [4.78, 5) is 0. The zero-order valence-electron chi connectivity index (χ0n) is 12.6. The zero-order chi connectivity index (χ0) is 15.9. The SMILES string of the molecule is CC(C)(C)NS(=O)(=O)NCc1cccc(C#CCCO)c1. The van der Waals surface area contributed by atoms with Crippen LogP contribution in [0.5, 0.6) is 0 Å². The van der Waals surface area contributed by atoms with E-state index < -0.39 is 15.7 Å². The topological polar surface area (TPSA) is 78.4 Å². The molecule has 0 heterocycles. The van der Waals surface area contributed by atoms with Crippen LogP contribution in [-0.2, 0) is 16.8 Å². The molecule has 116 valence electrons. The molecular weight excluding hydrogens is 288 g/mol. The lowest BCUT2D eigenvalue weighted by Gasteiger charge is -2.20. The molecule has 0 radical (unpaired) electrons. The summed E-state index contributed by atoms with van der Waals surface area (Å²) in [7, 11) is -3.54. The highest BCUT2D eigenvalue weighted by atomic mass is 32.2. The predicted molar refractivity (Wildman–Crippen MR) is 83.7 cm³/mol. The Kier molecular flexibility index (Phi) is 6.37. The second kappa shape index (κ2) is 7.57. The number of aliphatic hydroxyl groups excluding tert-OH is 1. The lowest BCUT2D eigenvalue weighted by molar-refractivity contribution is 0.305. The molecule has 5 nitrogen and oxygen atoms in total. The summed E-state index contributed by atoms with van der Waals surface area (Å²) >= 11 is 0. The Balaban J connectivity index is 2.68. The van der Waals surface area contributed by atoms with Crippen molar-refractivity contribution < 1.29 is 13.5 Å². The van der Waals surface area contributed by atoms with Gasteiger partial charge in [0.2, 0.25) is 0 Å². The van der Waals surface area contributed by atoms with Crippen molar-refractivity contribution in [3.05, 3.63) is 35.4 Å². The lowest BCUT2D eigenvalue weighted by Crippen LogP contribution is -2.46. The van der Waals surface area contributed by atoms with E-state index in [1.54, 1.807) is 20.8 Å². The van der Waals surface area contributed by atoms with Gasteiger partial charge >= 0.3 is 0 Å². The van der Waals surface area contributed by atoms with Crippen LogP contribution in [0.25, 0.3) is 0 Å². The summed E-state index contributed by atoms with van der Waals surface area (Å²) < 4.78 is 28.7. The van der Waals surface area contributed by atoms with Gasteiger partial charge in [0.15, 0.2) is 0 Å². The molecule has 0 aliphatic carbocycles. The van der Waals surface area contributed by atoms with Gasteiger partial charge < -0.3 is 5.11 Å². The van der Waals surface area contributed by atoms with Gasteiger partial charge in [0.05, 0.1) is 6.61 Å². The second-order valence-corrected chi connectivity index (χ2v) is 7.15. The predicted octanol–water partition coefficient (Wildman–Crippen LogP) is 1.14. The summed E-state index contributed by atoms with van der Waals surface area (Å²) in [5.74, 6) is 5.75. The van der Waals surface area contributed by atoms with Crippen molar-refractivity contribution in [2.45, 2.75) is 39.3 Å². The van der Waals surface area contributed by atoms with E-state index in [1.165, 1.54) is 0 Å². The Bertz CT molecular complexity index is 622. The zero-order valence-corrected chi connectivity index (χ0v) is 13.4. The standard InChI is InChI=1S/C15H22N2O3S/c1-15(2,3)17-21(19,20)16-12-14-9-6-8-13(11-14)7-4-5-10-18/h6,8-9,11,16-18H,5,10,12H2,1-3H3. The minimum atomic E-state index is -3.54. The highest BCUT2D eigenvalue weighted by Crippen LogP contribution is 2.05. The third-order valence-electron chi connectivity index (χ3n) is 2.30. The Hall–Kier alpha value is -1.39. The van der Waals surface area contributed by atoms with Crippen molar-refractivity contribution in [1.82, 2.24) is 9.44 Å². The molecule has 0 aliphatic rings. The first-order valence-corrected chi connectivity index (χ1v) is 8.17. The fraction of sp³-hybridized carbons (Fsp3) is 0.467. The highest BCUT2D eigenvalue weighted by Gasteiger charge is 2.19. The van der Waals surface area contributed by atoms with Gasteiger partial charge in [-0.05, 0) is 38.5 Å². The van der Waals surface area contributed by atoms with Crippen molar-refractivity contribution in [2.75, 3.05) is 6.61 Å². The van der Waals surface area contributed by atoms with Gasteiger partial charge in [-0.1, -0.05) is 24.0 Å². The van der Waals surface area contributed by atoms with E-state index in [9.17, 15) is 8.42 Å². The van der Waals surface area contributed by atoms with E-state index in [1.807, 2.05) is 24.3 Å². The highest BCUT2D eigenvalue weighted by molar-refractivity contribution is 7.87. The van der Waals surface area contributed by atoms with Crippen LogP contribution in [0.2, 0.25) is 0 Å². The van der Waals surface area contributed by atoms with E-state index in [-0.39, 0.29) is 13.2 Å². The number of benzene rings is 1. The fourth-order valence-corrected chi connectivity index (χ4v) is 2.83. The molecular formula is C15H22N2O3S. The molecule has 0 saturated heterocycles. The number of hydrogen-bond acceptors (Lipinski definition) is 3. The summed E-state index contributed by atoms with van der Waals surface area (Å²) in [6.45, 7) is 5.57. The molecule has 3 N–H and O–H groups in total. The number of rotatable bonds is 5. The maximum Gasteiger partial charge on any atom is 0.277 e. The third kappa shape index (κ3) is 7.83. The van der Waals surface area contributed by atoms with E-state index in [0.717, 1.165) is 11.1 Å². The monoisotopic (exact) mass is 310 g/mol. The fourth-order valence-electron chi connectivity index (χ4n) is 1.60. The summed E-state index contributed by atoms with van der Waals surface area (Å²) in [5, 5.41) is 8.68. The Morgan fingerprint density at radius 3 is 2.62 bits per heavy atom. The van der Waals surface area contributed by atoms with Crippen molar-refractivity contribution in [1.29, 1.82) is 0 Å². The average molecular weight is 310 g/mol. The van der Waals surface area contributed by atoms with E-state index >= 15 is 0 Å². The molecule has 0 bridgehead atoms. The maximum absolute atomic E-state index is 11.8. The van der Waals surface area contributed by atoms with E-state index in [0.29, 0.717) is 6.42 Å². The molecule has 0 saturated carbocycles. The summed E-state index contributed by atoms with van der Waals surface area (Å²) in [5.41, 5.74) is 1.10. The van der Waals surface area contributed by atoms with Crippen LogP contribution in [0.3, 0.4) is 0 Å². The Labute approximate surface area is 127 Å². The molecule has 0 atom stereocenters. The molecule has 0 spiro atoms. The van der Waals surface area contributed by atoms with Crippen molar-refractivity contribution >= 4 is 10.2 Å². The summed E-state index contributed by atoms with van der Waals surface area (Å²) in [6.07, 6.45) is 0.423. The molecule has 1 aromatic rings. The molecule has 0 aromatic heterocycles. The molecule has 0 unspecified atom stereocenters. The first-order valence-electron chi connectivity index (χ1n) is 6.69. The van der Waals surface area contributed by atoms with Crippen LogP contribution in [0.15, 0.2) is 24.3 Å². The van der Waals surface area contributed by atoms with Crippen LogP contribution in [0.4, 0.5) is 0 Å². The number of nitrogens with one attached hydrogen (secondary N) is 2. The minimum absolute atomic E-state index is 0.0327. The van der Waals surface area contributed by atoms with Gasteiger partial charge in [-0.15, -0.1) is 0 Å². The largest absolute Gasteiger partial charge is 0.395 e. The second-order valence-electron chi connectivity index (χ2n) is 5.65. The van der Waals surface area contributed by atoms with Gasteiger partial charge in [0.1, 0.15) is 0 Å². The van der Waals surface area contributed by atoms with Gasteiger partial charge in [-0.25, -0.2) is 0 Å². The number of aliphatic hydroxyl groups is 1. The first kappa shape index (κ1) is 17.7. The smallest absolute Gasteiger partial charge is 0.277 e. The first-order chi connectivity index (χ1) is 9.72. The molecule has 1 aromatic carbocycles. The third-order valence-corrected chi connectivity index (χ3v) is 3.71. The van der Waals surface area contributed by atoms with Gasteiger partial charge in [-0.3, -0.25) is 0 Å². The van der Waals surface area contributed by atoms with E-state index in [2.05, 4.69) is 21.3 Å². The minimum Gasteiger partial charge on any atom is -0.395 e. The summed E-state index contributed by atoms with van der Waals surface area (Å²) in [6, 6.07) is 7.32. The average Bonchev–Trinajstić information content (AvgIpc) is 2.35. The maximum atomic E-state index is 11.8. The number of hydrogen-bond donors (Lipinski definition) is 3. The van der Waals surface area contributed by atoms with Crippen LogP contribution >= 0.6 is 0 Å². The van der Waals surface area contributed by atoms with Crippen LogP contribution < -0.4 is 9.44 Å². The van der Waals surface area contributed by atoms with Gasteiger partial charge in [0, 0.05) is 24.1 Å². The normalized spacial score (nSPS) is 11.8. The Morgan fingerprint density at radius 1 is 1.29 bits per heavy atom. The van der Waals surface area contributed by atoms with E-state index in [4.69, 9.17) is 5.11 Å². The Morgan fingerprint density at radius 2 is 2.00 bits per heavy atom. The molecule has 0 amide bonds. The van der Waals surface area contributed by atoms with Crippen molar-refractivity contribution in [2.24, 2.45) is 0 Å². The molecule has 0 fully saturated rings. The molecule has 21 heavy (non-hydrogen) atoms. The molecule has 0 aliphatic heterocycles. The van der Waals surface area contributed by atoms with Crippen LogP contribution in [0.1, 0.15) is 38.3 Å². The van der Waals surface area contributed by atoms with Crippen molar-refractivity contribution in [3.63, 3.8) is 0 Å². The van der Waals surface area contributed by atoms with Gasteiger partial charge in [-0.2, -0.15) is 17.9 Å². The molecule has 1 rings (SSSR count). The van der Waals surface area contributed by atoms with Crippen molar-refractivity contribution in [3.8, 4) is 11.8 Å². The lowest BCUT2D eigenvalue weighted by atomic mass is 10.1. The quantitative estimate of drug-likeness (QED) is 0.714. The van der Waals surface area contributed by atoms with Crippen LogP contribution in [-0.4, -0.2) is 25.7 Å².